The van der Waals surface area contributed by atoms with Gasteiger partial charge in [0.15, 0.2) is 0 Å². The van der Waals surface area contributed by atoms with Crippen LogP contribution in [0.15, 0.2) is 29.4 Å². The Bertz CT molecular complexity index is 832. The van der Waals surface area contributed by atoms with E-state index in [9.17, 15) is 14.4 Å². The van der Waals surface area contributed by atoms with E-state index in [2.05, 4.69) is 29.1 Å². The standard InChI is InChI=1S/C29H53N4O4P/c1-5-6-7-8-9-10-12-15-18-26(27-21-23-28(24-22-27)31-32-30)19-16-13-11-14-17-20-29(25-33(2,3)4)37-38(34,35)36/h21-24,26,29H,5-20,25H2,1-4H3,(H-,34,35,36)/p+1. The predicted octanol–water partition coefficient (Wildman–Crippen LogP) is 9.16. The predicted molar refractivity (Wildman–Crippen MR) is 157 cm³/mol. The molecule has 2 unspecified atom stereocenters. The zero-order valence-corrected chi connectivity index (χ0v) is 25.3. The van der Waals surface area contributed by atoms with Crippen LogP contribution in [-0.2, 0) is 9.09 Å². The summed E-state index contributed by atoms with van der Waals surface area (Å²) in [6.07, 6.45) is 18.6. The van der Waals surface area contributed by atoms with Crippen LogP contribution in [0.3, 0.4) is 0 Å². The van der Waals surface area contributed by atoms with Gasteiger partial charge in [0.1, 0.15) is 12.6 Å². The highest BCUT2D eigenvalue weighted by Gasteiger charge is 2.26. The largest absolute Gasteiger partial charge is 0.470 e. The van der Waals surface area contributed by atoms with Crippen molar-refractivity contribution in [3.05, 3.63) is 40.3 Å². The quantitative estimate of drug-likeness (QED) is 0.0351. The fourth-order valence-corrected chi connectivity index (χ4v) is 5.70. The van der Waals surface area contributed by atoms with Crippen molar-refractivity contribution < 1.29 is 23.4 Å². The van der Waals surface area contributed by atoms with Crippen molar-refractivity contribution in [3.63, 3.8) is 0 Å². The molecular formula is C29H54N4O4P+. The van der Waals surface area contributed by atoms with Crippen molar-refractivity contribution in [2.24, 2.45) is 5.11 Å². The first-order valence-electron chi connectivity index (χ1n) is 14.7. The van der Waals surface area contributed by atoms with Crippen molar-refractivity contribution in [3.8, 4) is 0 Å². The Kier molecular flexibility index (Phi) is 17.9. The number of hydrogen-bond donors (Lipinski definition) is 2. The summed E-state index contributed by atoms with van der Waals surface area (Å²) in [6, 6.07) is 8.08. The molecular weight excluding hydrogens is 499 g/mol. The summed E-state index contributed by atoms with van der Waals surface area (Å²) in [6.45, 7) is 2.83. The first kappa shape index (κ1) is 34.6. The lowest BCUT2D eigenvalue weighted by Gasteiger charge is -2.29. The lowest BCUT2D eigenvalue weighted by molar-refractivity contribution is -0.873. The molecule has 0 bridgehead atoms. The third kappa shape index (κ3) is 18.8. The third-order valence-electron chi connectivity index (χ3n) is 7.05. The molecule has 1 aromatic rings. The molecule has 0 saturated carbocycles. The molecule has 0 heterocycles. The van der Waals surface area contributed by atoms with Crippen molar-refractivity contribution in [2.45, 2.75) is 122 Å². The SMILES string of the molecule is CCCCCCCCCCC(CCCCCCCC(C[N+](C)(C)C)OP(=O)(O)O)c1ccc(N=[N+]=[N-])cc1. The van der Waals surface area contributed by atoms with Gasteiger partial charge in [-0.3, -0.25) is 4.52 Å². The average Bonchev–Trinajstić information content (AvgIpc) is 2.82. The summed E-state index contributed by atoms with van der Waals surface area (Å²) < 4.78 is 17.0. The first-order chi connectivity index (χ1) is 18.0. The Morgan fingerprint density at radius 1 is 0.842 bits per heavy atom. The second-order valence-corrected chi connectivity index (χ2v) is 13.0. The molecule has 218 valence electrons. The molecule has 1 aromatic carbocycles. The van der Waals surface area contributed by atoms with Crippen molar-refractivity contribution >= 4 is 13.5 Å². The van der Waals surface area contributed by atoms with E-state index in [1.165, 1.54) is 69.8 Å². The molecule has 0 radical (unpaired) electrons. The van der Waals surface area contributed by atoms with Crippen LogP contribution in [0, 0.1) is 0 Å². The molecule has 0 fully saturated rings. The van der Waals surface area contributed by atoms with Gasteiger partial charge in [-0.2, -0.15) is 0 Å². The smallest absolute Gasteiger partial charge is 0.329 e. The Labute approximate surface area is 231 Å². The summed E-state index contributed by atoms with van der Waals surface area (Å²) in [5.41, 5.74) is 10.7. The van der Waals surface area contributed by atoms with E-state index in [1.54, 1.807) is 0 Å². The highest BCUT2D eigenvalue weighted by atomic mass is 31.2. The van der Waals surface area contributed by atoms with E-state index in [1.807, 2.05) is 33.3 Å². The Morgan fingerprint density at radius 2 is 1.32 bits per heavy atom. The van der Waals surface area contributed by atoms with E-state index in [4.69, 9.17) is 10.1 Å². The molecule has 0 saturated heterocycles. The van der Waals surface area contributed by atoms with E-state index >= 15 is 0 Å². The van der Waals surface area contributed by atoms with E-state index < -0.39 is 13.9 Å². The van der Waals surface area contributed by atoms with Crippen LogP contribution in [0.2, 0.25) is 0 Å². The third-order valence-corrected chi connectivity index (χ3v) is 7.62. The van der Waals surface area contributed by atoms with E-state index in [-0.39, 0.29) is 0 Å². The molecule has 8 nitrogen and oxygen atoms in total. The topological polar surface area (TPSA) is 116 Å². The normalized spacial score (nSPS) is 13.7. The van der Waals surface area contributed by atoms with Gasteiger partial charge in [0.25, 0.3) is 0 Å². The number of azide groups is 1. The maximum atomic E-state index is 11.3. The molecule has 0 aliphatic rings. The fraction of sp³-hybridized carbons (Fsp3) is 0.793. The second kappa shape index (κ2) is 19.6. The van der Waals surface area contributed by atoms with Gasteiger partial charge in [0.2, 0.25) is 0 Å². The first-order valence-corrected chi connectivity index (χ1v) is 16.3. The van der Waals surface area contributed by atoms with Gasteiger partial charge in [-0.25, -0.2) is 4.57 Å². The summed E-state index contributed by atoms with van der Waals surface area (Å²) in [5, 5.41) is 3.71. The molecule has 38 heavy (non-hydrogen) atoms. The average molecular weight is 554 g/mol. The Hall–Kier alpha value is -1.40. The Balaban J connectivity index is 2.45. The van der Waals surface area contributed by atoms with Crippen LogP contribution in [-0.4, -0.2) is 48.1 Å². The van der Waals surface area contributed by atoms with Gasteiger partial charge in [-0.1, -0.05) is 120 Å². The Morgan fingerprint density at radius 3 is 1.76 bits per heavy atom. The summed E-state index contributed by atoms with van der Waals surface area (Å²) in [4.78, 5) is 21.4. The molecule has 0 aliphatic heterocycles. The lowest BCUT2D eigenvalue weighted by atomic mass is 9.88. The van der Waals surface area contributed by atoms with Gasteiger partial charge < -0.3 is 14.3 Å². The second-order valence-electron chi connectivity index (χ2n) is 11.8. The lowest BCUT2D eigenvalue weighted by Crippen LogP contribution is -2.42. The van der Waals surface area contributed by atoms with Crippen molar-refractivity contribution in [1.29, 1.82) is 0 Å². The number of hydrogen-bond acceptors (Lipinski definition) is 3. The molecule has 2 atom stereocenters. The van der Waals surface area contributed by atoms with Crippen LogP contribution in [0.4, 0.5) is 5.69 Å². The summed E-state index contributed by atoms with van der Waals surface area (Å²) in [7, 11) is 1.54. The zero-order valence-electron chi connectivity index (χ0n) is 24.4. The van der Waals surface area contributed by atoms with Crippen molar-refractivity contribution in [2.75, 3.05) is 27.7 Å². The van der Waals surface area contributed by atoms with E-state index in [0.29, 0.717) is 29.1 Å². The minimum absolute atomic E-state index is 0.430. The minimum Gasteiger partial charge on any atom is -0.329 e. The summed E-state index contributed by atoms with van der Waals surface area (Å²) in [5.74, 6) is 0.529. The number of nitrogens with zero attached hydrogens (tertiary/aromatic N) is 4. The highest BCUT2D eigenvalue weighted by Crippen LogP contribution is 2.39. The van der Waals surface area contributed by atoms with Gasteiger partial charge >= 0.3 is 7.82 Å². The number of phosphoric ester groups is 1. The van der Waals surface area contributed by atoms with Crippen LogP contribution in [0.1, 0.15) is 121 Å². The number of unbranched alkanes of at least 4 members (excludes halogenated alkanes) is 11. The van der Waals surface area contributed by atoms with Crippen molar-refractivity contribution in [1.82, 2.24) is 0 Å². The van der Waals surface area contributed by atoms with Crippen LogP contribution in [0.25, 0.3) is 10.4 Å². The zero-order chi connectivity index (χ0) is 28.3. The molecule has 1 rings (SSSR count). The monoisotopic (exact) mass is 553 g/mol. The molecule has 0 aliphatic carbocycles. The molecule has 0 amide bonds. The molecule has 0 spiro atoms. The number of likely N-dealkylation sites (N-methyl/N-ethyl adjacent to an activating group) is 1. The highest BCUT2D eigenvalue weighted by molar-refractivity contribution is 7.46. The van der Waals surface area contributed by atoms with Crippen LogP contribution >= 0.6 is 7.82 Å². The molecule has 2 N–H and O–H groups in total. The minimum atomic E-state index is -4.48. The molecule has 0 aromatic heterocycles. The maximum Gasteiger partial charge on any atom is 0.470 e. The summed E-state index contributed by atoms with van der Waals surface area (Å²) >= 11 is 0. The van der Waals surface area contributed by atoms with Gasteiger partial charge in [0.05, 0.1) is 21.1 Å². The molecule has 9 heteroatoms. The van der Waals surface area contributed by atoms with Gasteiger partial charge in [-0.15, -0.1) is 0 Å². The number of benzene rings is 1. The van der Waals surface area contributed by atoms with Crippen LogP contribution < -0.4 is 0 Å². The number of rotatable bonds is 23. The number of quaternary nitrogens is 1. The van der Waals surface area contributed by atoms with Crippen LogP contribution in [0.5, 0.6) is 0 Å². The van der Waals surface area contributed by atoms with Gasteiger partial charge in [-0.05, 0) is 36.3 Å². The number of phosphoric acid groups is 1. The van der Waals surface area contributed by atoms with Gasteiger partial charge in [0, 0.05) is 10.6 Å². The fourth-order valence-electron chi connectivity index (χ4n) is 5.14. The van der Waals surface area contributed by atoms with E-state index in [0.717, 1.165) is 32.1 Å². The maximum absolute atomic E-state index is 11.3.